The molecule has 0 bridgehead atoms. The predicted octanol–water partition coefficient (Wildman–Crippen LogP) is 15.6. The number of aliphatic carboxylic acids is 1. The number of amides is 1. The molecule has 760 valence electrons. The Morgan fingerprint density at radius 3 is 1.18 bits per heavy atom. The Morgan fingerprint density at radius 1 is 0.561 bits per heavy atom. The topological polar surface area (TPSA) is 410 Å². The molecule has 1 atom stereocenters. The van der Waals surface area contributed by atoms with Gasteiger partial charge in [-0.25, -0.2) is 90.4 Å². The first-order valence-corrected chi connectivity index (χ1v) is 56.4. The Morgan fingerprint density at radius 2 is 0.886 bits per heavy atom. The third-order valence-corrected chi connectivity index (χ3v) is 33.2. The maximum absolute atomic E-state index is 13.2. The average Bonchev–Trinajstić information content (AvgIpc) is 1.68. The van der Waals surface area contributed by atoms with Gasteiger partial charge in [0.15, 0.2) is 34.3 Å². The van der Waals surface area contributed by atoms with Crippen LogP contribution in [-0.4, -0.2) is 228 Å². The Hall–Kier alpha value is -1.92. The van der Waals surface area contributed by atoms with Crippen LogP contribution < -0.4 is 30.3 Å². The number of thiocarbonyl (C=S) groups is 1. The molecular formula is C73H112AlCl5F12LiN5O22P2S11. The number of carboxylic acids is 2. The van der Waals surface area contributed by atoms with Crippen molar-refractivity contribution in [1.82, 2.24) is 15.0 Å². The van der Waals surface area contributed by atoms with Crippen LogP contribution in [0.2, 0.25) is 0 Å². The van der Waals surface area contributed by atoms with Crippen molar-refractivity contribution in [2.24, 2.45) is 29.2 Å². The normalized spacial score (nSPS) is 17.8. The van der Waals surface area contributed by atoms with Crippen LogP contribution in [0.4, 0.5) is 52.7 Å². The van der Waals surface area contributed by atoms with E-state index in [4.69, 9.17) is 84.5 Å². The molecule has 6 fully saturated rings. The van der Waals surface area contributed by atoms with Gasteiger partial charge in [0.05, 0.1) is 95.8 Å². The number of ketones is 2. The molecule has 3 heterocycles. The van der Waals surface area contributed by atoms with Crippen molar-refractivity contribution in [2.45, 2.75) is 259 Å². The van der Waals surface area contributed by atoms with Gasteiger partial charge >= 0.3 is 57.0 Å². The molecule has 6 aliphatic carbocycles. The van der Waals surface area contributed by atoms with Gasteiger partial charge in [-0.2, -0.15) is 8.42 Å². The van der Waals surface area contributed by atoms with E-state index in [-0.39, 0.29) is 228 Å². The zero-order valence-corrected chi connectivity index (χ0v) is 86.6. The number of nitrogens with two attached hydrogens (primary N) is 2. The molecular weight excluding hydrogens is 2150 g/mol. The molecule has 0 saturated heterocycles. The SMILES string of the molecule is C.CCOC(=O)c1sc(C2CCC(F)(F)CC2)nc1COC.COCC(=O)C(Cl)C(=O)OC.COCC(=O)CC(=O)OC.COCc1nc(C2CCC(F)(F)CC2)sc1C(=O)O.COCc1nc(C2CCC(F)(F)CC2)sc1CCl.CS(=O)(=O)Cl.NC(=O)C1CCC(F)(F)CC1.NC(=S)C1CCC(F)(F)CC1.O=C(O)C1CCC(F)(F)CC1.O=S(=O)(Cl)Cl.S=PP=S=S=S=S.[AlH3].[H-].[Li+]. The molecule has 6 saturated carbocycles. The quantitative estimate of drug-likeness (QED) is 0.00704. The fraction of sp³-hybridized carbons (Fsp3) is 0.753. The number of methoxy groups -OCH3 is 7. The van der Waals surface area contributed by atoms with E-state index in [0.717, 1.165) is 52.3 Å². The van der Waals surface area contributed by atoms with Crippen molar-refractivity contribution >= 4 is 253 Å². The molecule has 0 aromatic carbocycles. The number of carbonyl (C=O) groups is 8. The van der Waals surface area contributed by atoms with Gasteiger partial charge in [-0.3, -0.25) is 24.0 Å². The second-order valence-electron chi connectivity index (χ2n) is 28.4. The molecule has 1 amide bonds. The third kappa shape index (κ3) is 65.2. The molecule has 132 heavy (non-hydrogen) atoms. The van der Waals surface area contributed by atoms with Gasteiger partial charge in [0.2, 0.25) is 50.5 Å². The van der Waals surface area contributed by atoms with Gasteiger partial charge in [0, 0.05) is 193 Å². The van der Waals surface area contributed by atoms with E-state index < -0.39 is 106 Å². The van der Waals surface area contributed by atoms with E-state index in [1.807, 2.05) is 0 Å². The van der Waals surface area contributed by atoms with Crippen LogP contribution in [-0.2, 0) is 160 Å². The first kappa shape index (κ1) is 139. The molecule has 9 rings (SSSR count). The summed E-state index contributed by atoms with van der Waals surface area (Å²) in [6, 6.07) is 0. The second-order valence-corrected chi connectivity index (χ2v) is 49.2. The van der Waals surface area contributed by atoms with E-state index >= 15 is 0 Å². The van der Waals surface area contributed by atoms with Crippen molar-refractivity contribution < 1.29 is 176 Å². The molecule has 3 aromatic heterocycles. The number of hydrogen-bond acceptors (Lipinski definition) is 29. The van der Waals surface area contributed by atoms with Gasteiger partial charge < -0.3 is 61.0 Å². The predicted molar refractivity (Wildman–Crippen MR) is 506 cm³/mol. The van der Waals surface area contributed by atoms with Crippen LogP contribution in [0.5, 0.6) is 0 Å². The van der Waals surface area contributed by atoms with E-state index in [0.29, 0.717) is 90.1 Å². The number of carbonyl (C=O) groups excluding carboxylic acids is 6. The maximum atomic E-state index is 13.2. The number of rotatable bonds is 25. The summed E-state index contributed by atoms with van der Waals surface area (Å²) in [5.74, 6) is -20.5. The number of nitrogens with zero attached hydrogens (tertiary/aromatic N) is 3. The van der Waals surface area contributed by atoms with E-state index in [1.165, 1.54) is 74.1 Å². The first-order chi connectivity index (χ1) is 59.7. The summed E-state index contributed by atoms with van der Waals surface area (Å²) in [7, 11) is 22.7. The van der Waals surface area contributed by atoms with Gasteiger partial charge in [0.25, 0.3) is 0 Å². The molecule has 27 nitrogen and oxygen atoms in total. The van der Waals surface area contributed by atoms with Gasteiger partial charge in [-0.15, -0.1) is 57.2 Å². The fourth-order valence-electron chi connectivity index (χ4n) is 11.7. The maximum Gasteiger partial charge on any atom is 1.00 e. The number of aromatic nitrogens is 3. The average molecular weight is 2270 g/mol. The van der Waals surface area contributed by atoms with Gasteiger partial charge in [0.1, 0.15) is 29.4 Å². The largest absolute Gasteiger partial charge is 1.00 e. The second kappa shape index (κ2) is 71.5. The van der Waals surface area contributed by atoms with Crippen molar-refractivity contribution in [3.05, 3.63) is 46.7 Å². The Kier molecular flexibility index (Phi) is 75.0. The van der Waals surface area contributed by atoms with Crippen molar-refractivity contribution in [3.63, 3.8) is 0 Å². The summed E-state index contributed by atoms with van der Waals surface area (Å²) in [6.45, 7) is 2.58. The zero-order valence-electron chi connectivity index (χ0n) is 73.0. The monoisotopic (exact) mass is 2260 g/mol. The van der Waals surface area contributed by atoms with Crippen molar-refractivity contribution in [3.8, 4) is 0 Å². The number of hydrogen-bond donors (Lipinski definition) is 4. The van der Waals surface area contributed by atoms with Crippen LogP contribution in [0, 0.1) is 17.8 Å². The van der Waals surface area contributed by atoms with Crippen LogP contribution in [0.25, 0.3) is 0 Å². The fourth-order valence-corrected chi connectivity index (χ4v) is 25.3. The molecule has 1 unspecified atom stereocenters. The Labute approximate surface area is 847 Å². The minimum atomic E-state index is -3.72. The molecule has 59 heteroatoms. The number of thiazole rings is 3. The number of alkyl halides is 14. The van der Waals surface area contributed by atoms with Crippen molar-refractivity contribution in [1.29, 1.82) is 0 Å². The number of ether oxygens (including phenoxy) is 8. The number of carboxylic acid groups (broad SMARTS) is 2. The smallest absolute Gasteiger partial charge is 1.00 e. The van der Waals surface area contributed by atoms with Crippen LogP contribution >= 0.6 is 116 Å². The summed E-state index contributed by atoms with van der Waals surface area (Å²) in [5, 5.41) is 18.6. The number of halogens is 17. The summed E-state index contributed by atoms with van der Waals surface area (Å²) in [5.41, 5.74) is 12.1. The van der Waals surface area contributed by atoms with Gasteiger partial charge in [-0.05, 0) is 134 Å². The first-order valence-electron chi connectivity index (χ1n) is 38.2. The van der Waals surface area contributed by atoms with Crippen LogP contribution in [0.1, 0.15) is 250 Å². The molecule has 0 spiro atoms. The number of aromatic carboxylic acids is 1. The van der Waals surface area contributed by atoms with E-state index in [1.54, 1.807) is 32.4 Å². The molecule has 0 aliphatic heterocycles. The minimum Gasteiger partial charge on any atom is -1.00 e. The summed E-state index contributed by atoms with van der Waals surface area (Å²) in [6.07, 6.45) is 3.17. The molecule has 6 N–H and O–H groups in total. The number of primary amides is 1. The molecule has 6 aliphatic rings. The standard InChI is InChI=1S/C14H19F2NO3S.C12H16ClF2NOS.C12H15F2NO3S.C7H11F2NO.C7H11F2NS.C7H10F2O2.C6H9ClO4.C6H10O4.CH3ClO2S.CH4.Al.Cl2O2S.Li.P2S5.4H/c1-3-20-13(18)11-10(8-19-2)17-12(21-11)9-4-6-14(15,16)7-5-9;1-17-7-9-10(6-13)18-11(16-9)8-2-4-12(14,15)5-3-8;1-18-6-8-9(11(16)17)19-10(15-8)7-2-4-12(13,14)5-3-7;3*8-7(9)3-1-5(2-4-7)6(10)11;1-10-3-4(8)5(7)6(9)11-2;1-9-4-5(7)3-6(8)10-2;1-5(2,3)4;;;1-5(2,3)4;;3-1-2-5-7-6-4;;;;/h9H,3-8H2,1-2H3;8H,2-7H2,1H3;7H,2-6H2,1H3,(H,16,17);2*5H,1-4H2,(H2,10,11);5H,1-4H2,(H,10,11);5H,3H2,1-2H3;3-4H2,1-2H3;1H3;1H4;;;;;;;;/q;;;;;;;;;;;;+1;;;;;-1. The zero-order chi connectivity index (χ0) is 99.5. The van der Waals surface area contributed by atoms with Gasteiger partial charge in [-0.1, -0.05) is 19.6 Å². The third-order valence-electron chi connectivity index (χ3n) is 18.3. The minimum absolute atomic E-state index is 0. The summed E-state index contributed by atoms with van der Waals surface area (Å²) >= 11 is 29.0. The van der Waals surface area contributed by atoms with E-state index in [9.17, 15) is 99.5 Å². The summed E-state index contributed by atoms with van der Waals surface area (Å²) in [4.78, 5) is 101. The Balaban J connectivity index is -0.000000341. The molecule has 0 radical (unpaired) electrons. The van der Waals surface area contributed by atoms with E-state index in [2.05, 4.69) is 88.9 Å². The Bertz CT molecular complexity index is 4230. The van der Waals surface area contributed by atoms with Crippen LogP contribution in [0.15, 0.2) is 0 Å². The molecule has 3 aromatic rings. The summed E-state index contributed by atoms with van der Waals surface area (Å²) < 4.78 is 228. The van der Waals surface area contributed by atoms with Crippen LogP contribution in [0.3, 0.4) is 0 Å². The number of esters is 3. The van der Waals surface area contributed by atoms with Crippen molar-refractivity contribution in [2.75, 3.05) is 75.8 Å². The number of Topliss-reactive ketones (excluding diaryl/α,β-unsaturated/α-hetero) is 2.